The van der Waals surface area contributed by atoms with Crippen LogP contribution in [0.3, 0.4) is 0 Å². The quantitative estimate of drug-likeness (QED) is 0.883. The summed E-state index contributed by atoms with van der Waals surface area (Å²) in [5.74, 6) is 2.59. The summed E-state index contributed by atoms with van der Waals surface area (Å²) < 4.78 is 1.85. The van der Waals surface area contributed by atoms with E-state index in [1.807, 2.05) is 35.0 Å². The fraction of sp³-hybridized carbons (Fsp3) is 0.632. The van der Waals surface area contributed by atoms with E-state index in [0.29, 0.717) is 6.04 Å². The Hall–Kier alpha value is -1.75. The highest BCUT2D eigenvalue weighted by Crippen LogP contribution is 2.37. The third-order valence-corrected chi connectivity index (χ3v) is 5.85. The molecule has 2 aliphatic carbocycles. The summed E-state index contributed by atoms with van der Waals surface area (Å²) in [7, 11) is 0. The molecule has 0 aliphatic heterocycles. The van der Waals surface area contributed by atoms with E-state index in [-0.39, 0.29) is 0 Å². The van der Waals surface area contributed by atoms with Crippen LogP contribution in [0.15, 0.2) is 30.3 Å². The molecule has 0 spiro atoms. The van der Waals surface area contributed by atoms with Gasteiger partial charge in [-0.15, -0.1) is 5.10 Å². The monoisotopic (exact) mass is 325 g/mol. The molecule has 0 atom stereocenters. The third kappa shape index (κ3) is 3.36. The number of rotatable bonds is 6. The highest BCUT2D eigenvalue weighted by Gasteiger charge is 2.33. The molecular weight excluding hydrogens is 298 g/mol. The number of tetrazole rings is 1. The van der Waals surface area contributed by atoms with Gasteiger partial charge >= 0.3 is 0 Å². The van der Waals surface area contributed by atoms with E-state index in [4.69, 9.17) is 0 Å². The van der Waals surface area contributed by atoms with Crippen molar-refractivity contribution in [3.05, 3.63) is 36.2 Å². The number of hydrogen-bond donors (Lipinski definition) is 1. The summed E-state index contributed by atoms with van der Waals surface area (Å²) in [5.41, 5.74) is 1.03. The van der Waals surface area contributed by atoms with Gasteiger partial charge in [0.15, 0.2) is 5.82 Å². The number of nitrogens with one attached hydrogen (secondary N) is 1. The smallest absolute Gasteiger partial charge is 0.170 e. The van der Waals surface area contributed by atoms with Crippen molar-refractivity contribution in [2.24, 2.45) is 11.8 Å². The van der Waals surface area contributed by atoms with Crippen LogP contribution in [0.25, 0.3) is 5.69 Å². The molecule has 24 heavy (non-hydrogen) atoms. The van der Waals surface area contributed by atoms with Crippen LogP contribution in [0.4, 0.5) is 0 Å². The molecule has 0 bridgehead atoms. The SMILES string of the molecule is c1ccc(-n2nnnc2CNC(C2CCCC2)C2CCCC2)cc1. The summed E-state index contributed by atoms with van der Waals surface area (Å²) in [6.45, 7) is 0.750. The molecule has 5 nitrogen and oxygen atoms in total. The highest BCUT2D eigenvalue weighted by atomic mass is 15.5. The van der Waals surface area contributed by atoms with Crippen molar-refractivity contribution in [1.82, 2.24) is 25.5 Å². The maximum atomic E-state index is 4.26. The maximum absolute atomic E-state index is 4.26. The molecule has 1 N–H and O–H groups in total. The van der Waals surface area contributed by atoms with Gasteiger partial charge in [0, 0.05) is 6.04 Å². The minimum absolute atomic E-state index is 0.635. The van der Waals surface area contributed by atoms with Gasteiger partial charge in [-0.2, -0.15) is 4.68 Å². The van der Waals surface area contributed by atoms with Crippen molar-refractivity contribution in [3.8, 4) is 5.69 Å². The van der Waals surface area contributed by atoms with Crippen molar-refractivity contribution >= 4 is 0 Å². The van der Waals surface area contributed by atoms with Gasteiger partial charge in [-0.3, -0.25) is 0 Å². The lowest BCUT2D eigenvalue weighted by molar-refractivity contribution is 0.256. The van der Waals surface area contributed by atoms with E-state index < -0.39 is 0 Å². The fourth-order valence-electron chi connectivity index (χ4n) is 4.65. The summed E-state index contributed by atoms with van der Waals surface area (Å²) in [6, 6.07) is 10.8. The Balaban J connectivity index is 1.47. The van der Waals surface area contributed by atoms with E-state index in [2.05, 4.69) is 20.8 Å². The largest absolute Gasteiger partial charge is 0.306 e. The van der Waals surface area contributed by atoms with Gasteiger partial charge in [0.2, 0.25) is 0 Å². The van der Waals surface area contributed by atoms with E-state index in [1.54, 1.807) is 0 Å². The molecule has 0 unspecified atom stereocenters. The van der Waals surface area contributed by atoms with Gasteiger partial charge in [0.25, 0.3) is 0 Å². The fourth-order valence-corrected chi connectivity index (χ4v) is 4.65. The van der Waals surface area contributed by atoms with Crippen LogP contribution >= 0.6 is 0 Å². The maximum Gasteiger partial charge on any atom is 0.170 e. The molecule has 2 fully saturated rings. The lowest BCUT2D eigenvalue weighted by atomic mass is 9.86. The lowest BCUT2D eigenvalue weighted by Crippen LogP contribution is -2.40. The van der Waals surface area contributed by atoms with Gasteiger partial charge in [0.05, 0.1) is 12.2 Å². The van der Waals surface area contributed by atoms with E-state index in [1.165, 1.54) is 51.4 Å². The Morgan fingerprint density at radius 3 is 2.21 bits per heavy atom. The summed E-state index contributed by atoms with van der Waals surface area (Å²) >= 11 is 0. The molecule has 2 aromatic rings. The average Bonchev–Trinajstić information content (AvgIpc) is 3.39. The number of para-hydroxylation sites is 1. The first-order valence-electron chi connectivity index (χ1n) is 9.48. The minimum Gasteiger partial charge on any atom is -0.306 e. The van der Waals surface area contributed by atoms with E-state index >= 15 is 0 Å². The molecule has 1 aromatic carbocycles. The second kappa shape index (κ2) is 7.43. The lowest BCUT2D eigenvalue weighted by Gasteiger charge is -2.30. The standard InChI is InChI=1S/C19H27N5/c1-2-12-17(13-3-1)24-18(21-22-23-24)14-20-19(15-8-4-5-9-15)16-10-6-7-11-16/h1-3,12-13,15-16,19-20H,4-11,14H2. The first kappa shape index (κ1) is 15.8. The van der Waals surface area contributed by atoms with Gasteiger partial charge < -0.3 is 5.32 Å². The Labute approximate surface area is 143 Å². The minimum atomic E-state index is 0.635. The third-order valence-electron chi connectivity index (χ3n) is 5.85. The summed E-state index contributed by atoms with van der Waals surface area (Å²) in [5, 5.41) is 16.2. The van der Waals surface area contributed by atoms with Crippen molar-refractivity contribution in [2.45, 2.75) is 64.0 Å². The predicted octanol–water partition coefficient (Wildman–Crippen LogP) is 3.50. The van der Waals surface area contributed by atoms with Crippen LogP contribution in [0.2, 0.25) is 0 Å². The van der Waals surface area contributed by atoms with Gasteiger partial charge in [-0.25, -0.2) is 0 Å². The molecule has 5 heteroatoms. The topological polar surface area (TPSA) is 55.6 Å². The molecule has 2 saturated carbocycles. The molecule has 4 rings (SSSR count). The number of hydrogen-bond acceptors (Lipinski definition) is 4. The molecule has 0 amide bonds. The first-order valence-corrected chi connectivity index (χ1v) is 9.48. The van der Waals surface area contributed by atoms with Crippen LogP contribution in [-0.2, 0) is 6.54 Å². The Bertz CT molecular complexity index is 610. The van der Waals surface area contributed by atoms with Crippen molar-refractivity contribution < 1.29 is 0 Å². The summed E-state index contributed by atoms with van der Waals surface area (Å²) in [4.78, 5) is 0. The average molecular weight is 325 g/mol. The molecule has 1 heterocycles. The van der Waals surface area contributed by atoms with Gasteiger partial charge in [-0.05, 0) is 60.1 Å². The van der Waals surface area contributed by atoms with Crippen LogP contribution in [0.5, 0.6) is 0 Å². The van der Waals surface area contributed by atoms with E-state index in [9.17, 15) is 0 Å². The second-order valence-corrected chi connectivity index (χ2v) is 7.34. The molecule has 1 aromatic heterocycles. The highest BCUT2D eigenvalue weighted by molar-refractivity contribution is 5.30. The van der Waals surface area contributed by atoms with Crippen LogP contribution in [0, 0.1) is 11.8 Å². The second-order valence-electron chi connectivity index (χ2n) is 7.34. The van der Waals surface area contributed by atoms with Crippen molar-refractivity contribution in [3.63, 3.8) is 0 Å². The van der Waals surface area contributed by atoms with Crippen LogP contribution in [-0.4, -0.2) is 26.2 Å². The number of nitrogens with zero attached hydrogens (tertiary/aromatic N) is 4. The van der Waals surface area contributed by atoms with E-state index in [0.717, 1.165) is 29.9 Å². The van der Waals surface area contributed by atoms with Crippen molar-refractivity contribution in [1.29, 1.82) is 0 Å². The Kier molecular flexibility index (Phi) is 4.88. The molecule has 0 saturated heterocycles. The molecule has 128 valence electrons. The van der Waals surface area contributed by atoms with Crippen molar-refractivity contribution in [2.75, 3.05) is 0 Å². The molecule has 0 radical (unpaired) electrons. The summed E-state index contributed by atoms with van der Waals surface area (Å²) in [6.07, 6.45) is 11.1. The zero-order valence-electron chi connectivity index (χ0n) is 14.3. The predicted molar refractivity (Wildman–Crippen MR) is 93.7 cm³/mol. The van der Waals surface area contributed by atoms with Gasteiger partial charge in [0.1, 0.15) is 0 Å². The van der Waals surface area contributed by atoms with Gasteiger partial charge in [-0.1, -0.05) is 43.9 Å². The number of aromatic nitrogens is 4. The number of benzene rings is 1. The zero-order chi connectivity index (χ0) is 16.2. The van der Waals surface area contributed by atoms with Crippen LogP contribution < -0.4 is 5.32 Å². The normalized spacial score (nSPS) is 19.5. The zero-order valence-corrected chi connectivity index (χ0v) is 14.3. The molecular formula is C19H27N5. The first-order chi connectivity index (χ1) is 11.9. The Morgan fingerprint density at radius 2 is 1.58 bits per heavy atom. The Morgan fingerprint density at radius 1 is 0.958 bits per heavy atom. The molecule has 2 aliphatic rings. The van der Waals surface area contributed by atoms with Crippen LogP contribution in [0.1, 0.15) is 57.2 Å².